The Morgan fingerprint density at radius 3 is 3.00 bits per heavy atom. The minimum atomic E-state index is 0.264. The zero-order chi connectivity index (χ0) is 8.97. The molecule has 62 valence electrons. The van der Waals surface area contributed by atoms with Crippen molar-refractivity contribution in [3.8, 4) is 6.07 Å². The Labute approximate surface area is 71.1 Å². The molecule has 3 heteroatoms. The number of nitrogens with two attached hydrogens (primary N) is 1. The van der Waals surface area contributed by atoms with Gasteiger partial charge in [0.2, 0.25) is 0 Å². The summed E-state index contributed by atoms with van der Waals surface area (Å²) in [5.74, 6) is 0.550. The average Bonchev–Trinajstić information content (AvgIpc) is 2.47. The van der Waals surface area contributed by atoms with E-state index in [1.165, 1.54) is 0 Å². The molecule has 0 aliphatic heterocycles. The second kappa shape index (κ2) is 3.74. The van der Waals surface area contributed by atoms with E-state index in [2.05, 4.69) is 12.6 Å². The summed E-state index contributed by atoms with van der Waals surface area (Å²) in [6, 6.07) is 2.06. The van der Waals surface area contributed by atoms with E-state index in [1.54, 1.807) is 12.3 Å². The molecule has 1 aromatic rings. The Kier molecular flexibility index (Phi) is 2.67. The zero-order valence-corrected chi connectivity index (χ0v) is 6.71. The molecule has 1 aromatic heterocycles. The normalized spacial score (nSPS) is 9.33. The van der Waals surface area contributed by atoms with Crippen LogP contribution < -0.4 is 5.73 Å². The molecule has 1 rings (SSSR count). The standard InChI is InChI=1S/C9H10N2O/c1-2-3-7-6-12-9(5-11)8(7)4-10/h2,6H,1,3,5,11H2. The summed E-state index contributed by atoms with van der Waals surface area (Å²) in [6.45, 7) is 3.85. The van der Waals surface area contributed by atoms with Gasteiger partial charge >= 0.3 is 0 Å². The predicted molar refractivity (Wildman–Crippen MR) is 45.2 cm³/mol. The van der Waals surface area contributed by atoms with Gasteiger partial charge in [0.25, 0.3) is 0 Å². The molecule has 12 heavy (non-hydrogen) atoms. The van der Waals surface area contributed by atoms with Crippen LogP contribution in [0.25, 0.3) is 0 Å². The number of furan rings is 1. The number of nitrogens with zero attached hydrogens (tertiary/aromatic N) is 1. The molecular formula is C9H10N2O. The number of rotatable bonds is 3. The van der Waals surface area contributed by atoms with E-state index in [-0.39, 0.29) is 6.54 Å². The average molecular weight is 162 g/mol. The lowest BCUT2D eigenvalue weighted by Crippen LogP contribution is -1.97. The first kappa shape index (κ1) is 8.57. The lowest BCUT2D eigenvalue weighted by atomic mass is 10.1. The van der Waals surface area contributed by atoms with E-state index in [1.807, 2.05) is 0 Å². The molecule has 0 saturated heterocycles. The third kappa shape index (κ3) is 1.39. The van der Waals surface area contributed by atoms with E-state index in [0.717, 1.165) is 5.56 Å². The van der Waals surface area contributed by atoms with Gasteiger partial charge in [-0.25, -0.2) is 0 Å². The zero-order valence-electron chi connectivity index (χ0n) is 6.71. The Morgan fingerprint density at radius 1 is 1.75 bits per heavy atom. The van der Waals surface area contributed by atoms with Gasteiger partial charge in [-0.05, 0) is 6.42 Å². The molecule has 0 radical (unpaired) electrons. The first-order chi connectivity index (χ1) is 5.83. The summed E-state index contributed by atoms with van der Waals surface area (Å²) in [7, 11) is 0. The van der Waals surface area contributed by atoms with Crippen LogP contribution in [-0.4, -0.2) is 0 Å². The van der Waals surface area contributed by atoms with Gasteiger partial charge in [-0.3, -0.25) is 0 Å². The van der Waals surface area contributed by atoms with Crippen LogP contribution in [0.5, 0.6) is 0 Å². The van der Waals surface area contributed by atoms with Crippen molar-refractivity contribution in [1.29, 1.82) is 5.26 Å². The highest BCUT2D eigenvalue weighted by Crippen LogP contribution is 2.16. The lowest BCUT2D eigenvalue weighted by Gasteiger charge is -1.90. The fourth-order valence-electron chi connectivity index (χ4n) is 1.03. The molecule has 0 fully saturated rings. The second-order valence-corrected chi connectivity index (χ2v) is 2.37. The Bertz CT molecular complexity index is 320. The summed E-state index contributed by atoms with van der Waals surface area (Å²) in [4.78, 5) is 0. The van der Waals surface area contributed by atoms with Crippen LogP contribution in [0, 0.1) is 11.3 Å². The Morgan fingerprint density at radius 2 is 2.50 bits per heavy atom. The molecule has 0 spiro atoms. The molecule has 0 atom stereocenters. The largest absolute Gasteiger partial charge is 0.466 e. The molecule has 0 aliphatic rings. The number of allylic oxidation sites excluding steroid dienone is 1. The topological polar surface area (TPSA) is 62.9 Å². The summed E-state index contributed by atoms with van der Waals surface area (Å²) in [6.07, 6.45) is 3.93. The van der Waals surface area contributed by atoms with Crippen LogP contribution in [0.1, 0.15) is 16.9 Å². The highest BCUT2D eigenvalue weighted by molar-refractivity contribution is 5.40. The van der Waals surface area contributed by atoms with Gasteiger partial charge in [0.05, 0.1) is 18.4 Å². The fourth-order valence-corrected chi connectivity index (χ4v) is 1.03. The minimum Gasteiger partial charge on any atom is -0.466 e. The van der Waals surface area contributed by atoms with Gasteiger partial charge in [-0.1, -0.05) is 6.08 Å². The highest BCUT2D eigenvalue weighted by atomic mass is 16.3. The molecule has 3 nitrogen and oxygen atoms in total. The number of hydrogen-bond acceptors (Lipinski definition) is 3. The van der Waals surface area contributed by atoms with Crippen LogP contribution in [-0.2, 0) is 13.0 Å². The highest BCUT2D eigenvalue weighted by Gasteiger charge is 2.09. The van der Waals surface area contributed by atoms with Crippen molar-refractivity contribution in [3.63, 3.8) is 0 Å². The maximum atomic E-state index is 8.75. The molecule has 1 heterocycles. The van der Waals surface area contributed by atoms with E-state index in [9.17, 15) is 0 Å². The van der Waals surface area contributed by atoms with Crippen LogP contribution in [0.15, 0.2) is 23.3 Å². The summed E-state index contributed by atoms with van der Waals surface area (Å²) >= 11 is 0. The monoisotopic (exact) mass is 162 g/mol. The fraction of sp³-hybridized carbons (Fsp3) is 0.222. The van der Waals surface area contributed by atoms with Crippen molar-refractivity contribution in [2.24, 2.45) is 5.73 Å². The van der Waals surface area contributed by atoms with Gasteiger partial charge in [-0.2, -0.15) is 5.26 Å². The van der Waals surface area contributed by atoms with Gasteiger partial charge in [-0.15, -0.1) is 6.58 Å². The first-order valence-electron chi connectivity index (χ1n) is 3.63. The number of nitriles is 1. The summed E-state index contributed by atoms with van der Waals surface area (Å²) in [5, 5.41) is 8.75. The van der Waals surface area contributed by atoms with Crippen molar-refractivity contribution in [3.05, 3.63) is 35.8 Å². The minimum absolute atomic E-state index is 0.264. The third-order valence-electron chi connectivity index (χ3n) is 1.60. The smallest absolute Gasteiger partial charge is 0.135 e. The van der Waals surface area contributed by atoms with Crippen molar-refractivity contribution >= 4 is 0 Å². The molecule has 0 unspecified atom stereocenters. The van der Waals surface area contributed by atoms with E-state index in [4.69, 9.17) is 15.4 Å². The molecule has 0 bridgehead atoms. The van der Waals surface area contributed by atoms with Gasteiger partial charge < -0.3 is 10.2 Å². The Hall–Kier alpha value is -1.53. The molecule has 2 N–H and O–H groups in total. The molecule has 0 aliphatic carbocycles. The van der Waals surface area contributed by atoms with E-state index >= 15 is 0 Å². The first-order valence-corrected chi connectivity index (χ1v) is 3.63. The third-order valence-corrected chi connectivity index (χ3v) is 1.60. The Balaban J connectivity index is 3.06. The van der Waals surface area contributed by atoms with Gasteiger partial charge in [0, 0.05) is 5.56 Å². The van der Waals surface area contributed by atoms with Crippen molar-refractivity contribution in [2.45, 2.75) is 13.0 Å². The maximum Gasteiger partial charge on any atom is 0.135 e. The van der Waals surface area contributed by atoms with Crippen LogP contribution in [0.2, 0.25) is 0 Å². The summed E-state index contributed by atoms with van der Waals surface area (Å²) in [5.41, 5.74) is 6.77. The van der Waals surface area contributed by atoms with Crippen molar-refractivity contribution in [2.75, 3.05) is 0 Å². The molecule has 0 amide bonds. The van der Waals surface area contributed by atoms with E-state index in [0.29, 0.717) is 17.7 Å². The number of hydrogen-bond donors (Lipinski definition) is 1. The van der Waals surface area contributed by atoms with Crippen LogP contribution in [0.4, 0.5) is 0 Å². The quantitative estimate of drug-likeness (QED) is 0.682. The maximum absolute atomic E-state index is 8.75. The predicted octanol–water partition coefficient (Wildman–Crippen LogP) is 1.34. The summed E-state index contributed by atoms with van der Waals surface area (Å²) < 4.78 is 5.09. The van der Waals surface area contributed by atoms with Crippen LogP contribution >= 0.6 is 0 Å². The van der Waals surface area contributed by atoms with Gasteiger partial charge in [0.1, 0.15) is 11.8 Å². The van der Waals surface area contributed by atoms with Gasteiger partial charge in [0.15, 0.2) is 0 Å². The second-order valence-electron chi connectivity index (χ2n) is 2.37. The van der Waals surface area contributed by atoms with E-state index < -0.39 is 0 Å². The van der Waals surface area contributed by atoms with Crippen molar-refractivity contribution < 1.29 is 4.42 Å². The molecule has 0 aromatic carbocycles. The SMILES string of the molecule is C=CCc1coc(CN)c1C#N. The molecular weight excluding hydrogens is 152 g/mol. The van der Waals surface area contributed by atoms with Crippen LogP contribution in [0.3, 0.4) is 0 Å². The molecule has 0 saturated carbocycles. The lowest BCUT2D eigenvalue weighted by molar-refractivity contribution is 0.510. The van der Waals surface area contributed by atoms with Crippen molar-refractivity contribution in [1.82, 2.24) is 0 Å².